The van der Waals surface area contributed by atoms with Gasteiger partial charge >= 0.3 is 5.97 Å². The molecule has 0 saturated carbocycles. The Hall–Kier alpha value is -1.77. The predicted molar refractivity (Wildman–Crippen MR) is 73.2 cm³/mol. The SMILES string of the molecule is CCCCn1cc(CC)c2cccc(C(=O)O)c21. The van der Waals surface area contributed by atoms with E-state index in [1.807, 2.05) is 12.1 Å². The van der Waals surface area contributed by atoms with Gasteiger partial charge in [0.2, 0.25) is 0 Å². The summed E-state index contributed by atoms with van der Waals surface area (Å²) in [5.74, 6) is -0.848. The molecule has 0 radical (unpaired) electrons. The molecule has 1 heterocycles. The molecule has 0 saturated heterocycles. The van der Waals surface area contributed by atoms with Crippen molar-refractivity contribution in [2.75, 3.05) is 0 Å². The van der Waals surface area contributed by atoms with Gasteiger partial charge in [0.05, 0.1) is 11.1 Å². The first-order valence-corrected chi connectivity index (χ1v) is 6.53. The Morgan fingerprint density at radius 1 is 1.33 bits per heavy atom. The van der Waals surface area contributed by atoms with Gasteiger partial charge in [-0.15, -0.1) is 0 Å². The molecule has 0 bridgehead atoms. The molecule has 0 spiro atoms. The van der Waals surface area contributed by atoms with E-state index in [0.717, 1.165) is 36.7 Å². The Labute approximate surface area is 107 Å². The predicted octanol–water partition coefficient (Wildman–Crippen LogP) is 3.70. The number of nitrogens with zero attached hydrogens (tertiary/aromatic N) is 1. The van der Waals surface area contributed by atoms with Gasteiger partial charge < -0.3 is 9.67 Å². The quantitative estimate of drug-likeness (QED) is 0.872. The van der Waals surface area contributed by atoms with Crippen molar-refractivity contribution in [1.29, 1.82) is 0 Å². The summed E-state index contributed by atoms with van der Waals surface area (Å²) in [4.78, 5) is 11.3. The van der Waals surface area contributed by atoms with Crippen molar-refractivity contribution < 1.29 is 9.90 Å². The monoisotopic (exact) mass is 245 g/mol. The number of carboxylic acid groups (broad SMARTS) is 1. The summed E-state index contributed by atoms with van der Waals surface area (Å²) in [6, 6.07) is 5.53. The van der Waals surface area contributed by atoms with E-state index in [0.29, 0.717) is 5.56 Å². The molecule has 1 aromatic heterocycles. The van der Waals surface area contributed by atoms with Crippen LogP contribution in [0, 0.1) is 0 Å². The number of aryl methyl sites for hydroxylation is 2. The molecule has 2 rings (SSSR count). The second kappa shape index (κ2) is 5.25. The second-order valence-corrected chi connectivity index (χ2v) is 4.56. The fraction of sp³-hybridized carbons (Fsp3) is 0.400. The molecule has 3 nitrogen and oxygen atoms in total. The molecule has 3 heteroatoms. The first-order valence-electron chi connectivity index (χ1n) is 6.53. The number of benzene rings is 1. The molecule has 96 valence electrons. The lowest BCUT2D eigenvalue weighted by molar-refractivity contribution is 0.0698. The molecule has 0 fully saturated rings. The van der Waals surface area contributed by atoms with Gasteiger partial charge in [-0.2, -0.15) is 0 Å². The maximum absolute atomic E-state index is 11.3. The van der Waals surface area contributed by atoms with E-state index in [1.54, 1.807) is 6.07 Å². The van der Waals surface area contributed by atoms with E-state index in [-0.39, 0.29) is 0 Å². The molecule has 1 aromatic carbocycles. The van der Waals surface area contributed by atoms with Crippen LogP contribution in [0.15, 0.2) is 24.4 Å². The number of unbranched alkanes of at least 4 members (excludes halogenated alkanes) is 1. The number of hydrogen-bond acceptors (Lipinski definition) is 1. The molecule has 0 aliphatic carbocycles. The van der Waals surface area contributed by atoms with Gasteiger partial charge in [-0.3, -0.25) is 0 Å². The fourth-order valence-corrected chi connectivity index (χ4v) is 2.39. The van der Waals surface area contributed by atoms with Crippen LogP contribution in [0.1, 0.15) is 42.6 Å². The van der Waals surface area contributed by atoms with Crippen molar-refractivity contribution in [3.8, 4) is 0 Å². The maximum Gasteiger partial charge on any atom is 0.337 e. The molecule has 0 atom stereocenters. The van der Waals surface area contributed by atoms with Crippen LogP contribution in [-0.2, 0) is 13.0 Å². The smallest absolute Gasteiger partial charge is 0.337 e. The third-order valence-corrected chi connectivity index (χ3v) is 3.34. The lowest BCUT2D eigenvalue weighted by atomic mass is 10.1. The highest BCUT2D eigenvalue weighted by Gasteiger charge is 2.14. The summed E-state index contributed by atoms with van der Waals surface area (Å²) in [7, 11) is 0. The molecule has 18 heavy (non-hydrogen) atoms. The van der Waals surface area contributed by atoms with Crippen LogP contribution in [0.25, 0.3) is 10.9 Å². The number of fused-ring (bicyclic) bond motifs is 1. The molecular weight excluding hydrogens is 226 g/mol. The standard InChI is InChI=1S/C15H19NO2/c1-3-5-9-16-10-11(4-2)12-7-6-8-13(14(12)16)15(17)18/h6-8,10H,3-5,9H2,1-2H3,(H,17,18). The van der Waals surface area contributed by atoms with Gasteiger partial charge in [0.25, 0.3) is 0 Å². The summed E-state index contributed by atoms with van der Waals surface area (Å²) >= 11 is 0. The average molecular weight is 245 g/mol. The summed E-state index contributed by atoms with van der Waals surface area (Å²) < 4.78 is 2.10. The lowest BCUT2D eigenvalue weighted by Crippen LogP contribution is -2.03. The molecule has 0 aliphatic heterocycles. The summed E-state index contributed by atoms with van der Waals surface area (Å²) in [6.45, 7) is 5.13. The highest BCUT2D eigenvalue weighted by Crippen LogP contribution is 2.26. The van der Waals surface area contributed by atoms with Crippen LogP contribution in [0.5, 0.6) is 0 Å². The van der Waals surface area contributed by atoms with Crippen molar-refractivity contribution in [2.45, 2.75) is 39.7 Å². The molecular formula is C15H19NO2. The minimum atomic E-state index is -0.848. The second-order valence-electron chi connectivity index (χ2n) is 4.56. The molecule has 1 N–H and O–H groups in total. The van der Waals surface area contributed by atoms with Crippen molar-refractivity contribution >= 4 is 16.9 Å². The van der Waals surface area contributed by atoms with Gasteiger partial charge in [0.1, 0.15) is 0 Å². The number of carbonyl (C=O) groups is 1. The zero-order chi connectivity index (χ0) is 13.1. The minimum absolute atomic E-state index is 0.406. The van der Waals surface area contributed by atoms with Crippen LogP contribution < -0.4 is 0 Å². The van der Waals surface area contributed by atoms with E-state index in [9.17, 15) is 9.90 Å². The van der Waals surface area contributed by atoms with E-state index < -0.39 is 5.97 Å². The Kier molecular flexibility index (Phi) is 3.70. The molecule has 2 aromatic rings. The van der Waals surface area contributed by atoms with Crippen LogP contribution in [0.2, 0.25) is 0 Å². The van der Waals surface area contributed by atoms with Crippen LogP contribution >= 0.6 is 0 Å². The molecule has 0 amide bonds. The number of aromatic carboxylic acids is 1. The van der Waals surface area contributed by atoms with Crippen LogP contribution in [0.3, 0.4) is 0 Å². The first-order chi connectivity index (χ1) is 8.69. The van der Waals surface area contributed by atoms with Crippen molar-refractivity contribution in [3.63, 3.8) is 0 Å². The van der Waals surface area contributed by atoms with Crippen molar-refractivity contribution in [1.82, 2.24) is 4.57 Å². The van der Waals surface area contributed by atoms with Gasteiger partial charge in [0, 0.05) is 18.1 Å². The fourth-order valence-electron chi connectivity index (χ4n) is 2.39. The molecule has 0 aliphatic rings. The van der Waals surface area contributed by atoms with Crippen LogP contribution in [-0.4, -0.2) is 15.6 Å². The van der Waals surface area contributed by atoms with Gasteiger partial charge in [-0.25, -0.2) is 4.79 Å². The van der Waals surface area contributed by atoms with Gasteiger partial charge in [0.15, 0.2) is 0 Å². The lowest BCUT2D eigenvalue weighted by Gasteiger charge is -2.06. The maximum atomic E-state index is 11.3. The summed E-state index contributed by atoms with van der Waals surface area (Å²) in [5.41, 5.74) is 2.50. The number of rotatable bonds is 5. The average Bonchev–Trinajstić information content (AvgIpc) is 2.74. The van der Waals surface area contributed by atoms with E-state index in [1.165, 1.54) is 5.56 Å². The Morgan fingerprint density at radius 3 is 2.72 bits per heavy atom. The van der Waals surface area contributed by atoms with Gasteiger partial charge in [-0.1, -0.05) is 32.4 Å². The normalized spacial score (nSPS) is 11.0. The highest BCUT2D eigenvalue weighted by atomic mass is 16.4. The Morgan fingerprint density at radius 2 is 2.11 bits per heavy atom. The zero-order valence-corrected chi connectivity index (χ0v) is 10.9. The zero-order valence-electron chi connectivity index (χ0n) is 10.9. The topological polar surface area (TPSA) is 42.2 Å². The highest BCUT2D eigenvalue weighted by molar-refractivity contribution is 6.03. The first kappa shape index (κ1) is 12.7. The number of carboxylic acids is 1. The number of hydrogen-bond donors (Lipinski definition) is 1. The molecule has 0 unspecified atom stereocenters. The summed E-state index contributed by atoms with van der Waals surface area (Å²) in [6.07, 6.45) is 5.21. The van der Waals surface area contributed by atoms with Crippen LogP contribution in [0.4, 0.5) is 0 Å². The largest absolute Gasteiger partial charge is 0.478 e. The third-order valence-electron chi connectivity index (χ3n) is 3.34. The number of aromatic nitrogens is 1. The van der Waals surface area contributed by atoms with Gasteiger partial charge in [-0.05, 0) is 24.5 Å². The Bertz CT molecular complexity index is 569. The minimum Gasteiger partial charge on any atom is -0.478 e. The summed E-state index contributed by atoms with van der Waals surface area (Å²) in [5, 5.41) is 10.4. The Balaban J connectivity index is 2.65. The van der Waals surface area contributed by atoms with E-state index >= 15 is 0 Å². The van der Waals surface area contributed by atoms with E-state index in [2.05, 4.69) is 24.6 Å². The van der Waals surface area contributed by atoms with E-state index in [4.69, 9.17) is 0 Å². The third kappa shape index (κ3) is 2.13. The number of para-hydroxylation sites is 1. The van der Waals surface area contributed by atoms with Crippen molar-refractivity contribution in [2.24, 2.45) is 0 Å². The van der Waals surface area contributed by atoms with Crippen molar-refractivity contribution in [3.05, 3.63) is 35.5 Å².